The topological polar surface area (TPSA) is 38.8 Å². The molecule has 0 bridgehead atoms. The largest absolute Gasteiger partial charge is 0.494 e. The third kappa shape index (κ3) is 4.01. The SMILES string of the molecule is CC1(C)OB(c2cccc(C(=O)N3CCC(C(F)(F)F)CC3)c2)OC1(C)C. The zero-order valence-corrected chi connectivity index (χ0v) is 16.1. The van der Waals surface area contributed by atoms with Gasteiger partial charge in [0.15, 0.2) is 0 Å². The number of hydrogen-bond acceptors (Lipinski definition) is 3. The highest BCUT2D eigenvalue weighted by molar-refractivity contribution is 6.62. The molecule has 0 spiro atoms. The first-order valence-corrected chi connectivity index (χ1v) is 9.22. The van der Waals surface area contributed by atoms with Crippen LogP contribution < -0.4 is 5.46 Å². The fourth-order valence-electron chi connectivity index (χ4n) is 3.39. The van der Waals surface area contributed by atoms with Gasteiger partial charge in [-0.15, -0.1) is 0 Å². The fourth-order valence-corrected chi connectivity index (χ4v) is 3.39. The smallest absolute Gasteiger partial charge is 0.399 e. The summed E-state index contributed by atoms with van der Waals surface area (Å²) in [5.74, 6) is -1.58. The summed E-state index contributed by atoms with van der Waals surface area (Å²) in [6.07, 6.45) is -4.29. The van der Waals surface area contributed by atoms with E-state index in [0.29, 0.717) is 5.56 Å². The van der Waals surface area contributed by atoms with Crippen molar-refractivity contribution < 1.29 is 27.3 Å². The van der Waals surface area contributed by atoms with Crippen LogP contribution in [0.25, 0.3) is 0 Å². The Kier molecular flexibility index (Phi) is 5.10. The van der Waals surface area contributed by atoms with Crippen LogP contribution in [-0.2, 0) is 9.31 Å². The lowest BCUT2D eigenvalue weighted by molar-refractivity contribution is -0.183. The summed E-state index contributed by atoms with van der Waals surface area (Å²) in [6.45, 7) is 8.03. The van der Waals surface area contributed by atoms with Gasteiger partial charge in [0, 0.05) is 18.7 Å². The normalized spacial score (nSPS) is 22.9. The van der Waals surface area contributed by atoms with E-state index in [0.717, 1.165) is 5.46 Å². The van der Waals surface area contributed by atoms with Crippen molar-refractivity contribution in [3.8, 4) is 0 Å². The van der Waals surface area contributed by atoms with Gasteiger partial charge in [0.05, 0.1) is 17.1 Å². The first-order valence-electron chi connectivity index (χ1n) is 9.22. The molecule has 3 rings (SSSR count). The molecular weight excluding hydrogens is 358 g/mol. The Hall–Kier alpha value is -1.54. The van der Waals surface area contributed by atoms with Crippen LogP contribution in [0.1, 0.15) is 50.9 Å². The number of rotatable bonds is 2. The molecule has 27 heavy (non-hydrogen) atoms. The molecule has 2 aliphatic heterocycles. The van der Waals surface area contributed by atoms with Gasteiger partial charge in [-0.05, 0) is 58.1 Å². The Labute approximate surface area is 158 Å². The van der Waals surface area contributed by atoms with E-state index in [1.54, 1.807) is 18.2 Å². The van der Waals surface area contributed by atoms with Crippen LogP contribution in [-0.4, -0.2) is 48.4 Å². The molecule has 1 aromatic carbocycles. The summed E-state index contributed by atoms with van der Waals surface area (Å²) < 4.78 is 50.5. The first-order chi connectivity index (χ1) is 12.4. The van der Waals surface area contributed by atoms with E-state index in [-0.39, 0.29) is 31.8 Å². The van der Waals surface area contributed by atoms with Crippen LogP contribution in [0, 0.1) is 5.92 Å². The second-order valence-electron chi connectivity index (χ2n) is 8.32. The Morgan fingerprint density at radius 2 is 1.67 bits per heavy atom. The van der Waals surface area contributed by atoms with Gasteiger partial charge in [0.1, 0.15) is 0 Å². The van der Waals surface area contributed by atoms with Gasteiger partial charge in [0.25, 0.3) is 5.91 Å². The molecule has 2 aliphatic rings. The molecule has 2 heterocycles. The van der Waals surface area contributed by atoms with Gasteiger partial charge in [0.2, 0.25) is 0 Å². The minimum Gasteiger partial charge on any atom is -0.399 e. The van der Waals surface area contributed by atoms with Crippen molar-refractivity contribution in [2.24, 2.45) is 5.92 Å². The average Bonchev–Trinajstić information content (AvgIpc) is 2.81. The van der Waals surface area contributed by atoms with Crippen molar-refractivity contribution in [1.29, 1.82) is 0 Å². The Bertz CT molecular complexity index is 696. The second-order valence-corrected chi connectivity index (χ2v) is 8.32. The lowest BCUT2D eigenvalue weighted by Gasteiger charge is -2.33. The zero-order chi connectivity index (χ0) is 20.0. The maximum absolute atomic E-state index is 12.8. The molecule has 8 heteroatoms. The van der Waals surface area contributed by atoms with Crippen LogP contribution in [0.15, 0.2) is 24.3 Å². The number of likely N-dealkylation sites (tertiary alicyclic amines) is 1. The third-order valence-electron chi connectivity index (χ3n) is 5.90. The molecule has 0 unspecified atom stereocenters. The van der Waals surface area contributed by atoms with Crippen LogP contribution in [0.3, 0.4) is 0 Å². The van der Waals surface area contributed by atoms with Crippen LogP contribution in [0.5, 0.6) is 0 Å². The molecule has 0 N–H and O–H groups in total. The highest BCUT2D eigenvalue weighted by Gasteiger charge is 2.51. The molecule has 0 saturated carbocycles. The number of halogens is 3. The number of carbonyl (C=O) groups is 1. The first kappa shape index (κ1) is 20.2. The average molecular weight is 383 g/mol. The van der Waals surface area contributed by atoms with E-state index >= 15 is 0 Å². The summed E-state index contributed by atoms with van der Waals surface area (Å²) in [6, 6.07) is 6.96. The summed E-state index contributed by atoms with van der Waals surface area (Å²) in [7, 11) is -0.585. The summed E-state index contributed by atoms with van der Waals surface area (Å²) in [5, 5.41) is 0. The predicted molar refractivity (Wildman–Crippen MR) is 96.8 cm³/mol. The Morgan fingerprint density at radius 1 is 1.11 bits per heavy atom. The van der Waals surface area contributed by atoms with Crippen molar-refractivity contribution in [3.63, 3.8) is 0 Å². The van der Waals surface area contributed by atoms with E-state index in [4.69, 9.17) is 9.31 Å². The lowest BCUT2D eigenvalue weighted by atomic mass is 9.78. The van der Waals surface area contributed by atoms with Crippen molar-refractivity contribution in [3.05, 3.63) is 29.8 Å². The third-order valence-corrected chi connectivity index (χ3v) is 5.90. The second kappa shape index (κ2) is 6.81. The van der Waals surface area contributed by atoms with Crippen LogP contribution in [0.2, 0.25) is 0 Å². The quantitative estimate of drug-likeness (QED) is 0.735. The molecule has 2 saturated heterocycles. The molecule has 0 aliphatic carbocycles. The van der Waals surface area contributed by atoms with E-state index in [9.17, 15) is 18.0 Å². The van der Waals surface area contributed by atoms with Gasteiger partial charge < -0.3 is 14.2 Å². The number of piperidine rings is 1. The van der Waals surface area contributed by atoms with Gasteiger partial charge in [-0.2, -0.15) is 13.2 Å². The van der Waals surface area contributed by atoms with Gasteiger partial charge in [-0.1, -0.05) is 12.1 Å². The van der Waals surface area contributed by atoms with E-state index in [2.05, 4.69) is 0 Å². The van der Waals surface area contributed by atoms with E-state index in [1.165, 1.54) is 4.90 Å². The Balaban J connectivity index is 1.71. The minimum atomic E-state index is -4.19. The monoisotopic (exact) mass is 383 g/mol. The minimum absolute atomic E-state index is 0.0494. The molecular formula is C19H25BF3NO3. The summed E-state index contributed by atoms with van der Waals surface area (Å²) >= 11 is 0. The summed E-state index contributed by atoms with van der Waals surface area (Å²) in [4.78, 5) is 14.2. The van der Waals surface area contributed by atoms with Gasteiger partial charge in [-0.25, -0.2) is 0 Å². The molecule has 148 valence electrons. The number of nitrogens with zero attached hydrogens (tertiary/aromatic N) is 1. The van der Waals surface area contributed by atoms with Crippen LogP contribution >= 0.6 is 0 Å². The molecule has 4 nitrogen and oxygen atoms in total. The number of benzene rings is 1. The fraction of sp³-hybridized carbons (Fsp3) is 0.632. The van der Waals surface area contributed by atoms with E-state index < -0.39 is 30.4 Å². The molecule has 0 radical (unpaired) electrons. The highest BCUT2D eigenvalue weighted by Crippen LogP contribution is 2.37. The Morgan fingerprint density at radius 3 is 2.19 bits per heavy atom. The lowest BCUT2D eigenvalue weighted by Crippen LogP contribution is -2.42. The summed E-state index contributed by atoms with van der Waals surface area (Å²) in [5.41, 5.74) is 0.186. The predicted octanol–water partition coefficient (Wildman–Crippen LogP) is 3.40. The molecule has 0 aromatic heterocycles. The highest BCUT2D eigenvalue weighted by atomic mass is 19.4. The van der Waals surface area contributed by atoms with E-state index in [1.807, 2.05) is 33.8 Å². The molecule has 0 atom stereocenters. The van der Waals surface area contributed by atoms with Crippen molar-refractivity contribution in [2.45, 2.75) is 57.9 Å². The van der Waals surface area contributed by atoms with Crippen molar-refractivity contribution in [1.82, 2.24) is 4.90 Å². The standard InChI is InChI=1S/C19H25BF3NO3/c1-17(2)18(3,4)27-20(26-17)15-7-5-6-13(12-15)16(25)24-10-8-14(9-11-24)19(21,22)23/h5-7,12,14H,8-11H2,1-4H3. The maximum atomic E-state index is 12.8. The molecule has 1 amide bonds. The van der Waals surface area contributed by atoms with Gasteiger partial charge in [-0.3, -0.25) is 4.79 Å². The number of hydrogen-bond donors (Lipinski definition) is 0. The number of carbonyl (C=O) groups excluding carboxylic acids is 1. The number of alkyl halides is 3. The molecule has 2 fully saturated rings. The number of amides is 1. The zero-order valence-electron chi connectivity index (χ0n) is 16.1. The van der Waals surface area contributed by atoms with Crippen molar-refractivity contribution >= 4 is 18.5 Å². The van der Waals surface area contributed by atoms with Gasteiger partial charge >= 0.3 is 13.3 Å². The molecule has 1 aromatic rings. The maximum Gasteiger partial charge on any atom is 0.494 e. The van der Waals surface area contributed by atoms with Crippen molar-refractivity contribution in [2.75, 3.05) is 13.1 Å². The van der Waals surface area contributed by atoms with Crippen LogP contribution in [0.4, 0.5) is 13.2 Å².